The SMILES string of the molecule is CC(c1ccc(S(C)(=O)=O)cc1)N(C)C(=O)c1cnc2ccccc2n1. The third-order valence-corrected chi connectivity index (χ3v) is 5.49. The summed E-state index contributed by atoms with van der Waals surface area (Å²) in [6.07, 6.45) is 2.64. The molecule has 3 aromatic rings. The van der Waals surface area contributed by atoms with Crippen molar-refractivity contribution in [1.82, 2.24) is 14.9 Å². The highest BCUT2D eigenvalue weighted by Crippen LogP contribution is 2.22. The molecule has 1 aromatic heterocycles. The van der Waals surface area contributed by atoms with Crippen LogP contribution < -0.4 is 0 Å². The maximum Gasteiger partial charge on any atom is 0.274 e. The van der Waals surface area contributed by atoms with Crippen molar-refractivity contribution in [2.45, 2.75) is 17.9 Å². The molecule has 1 heterocycles. The van der Waals surface area contributed by atoms with Gasteiger partial charge in [-0.2, -0.15) is 0 Å². The Hall–Kier alpha value is -2.80. The molecule has 0 saturated carbocycles. The fourth-order valence-electron chi connectivity index (χ4n) is 2.63. The molecule has 1 atom stereocenters. The predicted molar refractivity (Wildman–Crippen MR) is 99.6 cm³/mol. The number of sulfone groups is 1. The smallest absolute Gasteiger partial charge is 0.274 e. The van der Waals surface area contributed by atoms with Gasteiger partial charge in [0.05, 0.1) is 28.2 Å². The highest BCUT2D eigenvalue weighted by molar-refractivity contribution is 7.90. The number of rotatable bonds is 4. The van der Waals surface area contributed by atoms with Gasteiger partial charge in [0.25, 0.3) is 5.91 Å². The number of carbonyl (C=O) groups is 1. The molecular weight excluding hydrogens is 350 g/mol. The minimum atomic E-state index is -3.24. The van der Waals surface area contributed by atoms with Crippen LogP contribution in [0.25, 0.3) is 11.0 Å². The lowest BCUT2D eigenvalue weighted by atomic mass is 10.1. The number of fused-ring (bicyclic) bond motifs is 1. The fraction of sp³-hybridized carbons (Fsp3) is 0.211. The Bertz CT molecular complexity index is 1060. The minimum absolute atomic E-state index is 0.246. The van der Waals surface area contributed by atoms with E-state index in [1.807, 2.05) is 31.2 Å². The average molecular weight is 369 g/mol. The van der Waals surface area contributed by atoms with Crippen LogP contribution in [0.4, 0.5) is 0 Å². The molecule has 1 amide bonds. The molecule has 1 unspecified atom stereocenters. The van der Waals surface area contributed by atoms with Crippen LogP contribution in [0.3, 0.4) is 0 Å². The van der Waals surface area contributed by atoms with E-state index in [1.165, 1.54) is 12.5 Å². The van der Waals surface area contributed by atoms with Crippen molar-refractivity contribution in [3.63, 3.8) is 0 Å². The van der Waals surface area contributed by atoms with Crippen LogP contribution in [0.5, 0.6) is 0 Å². The second-order valence-electron chi connectivity index (χ2n) is 6.18. The molecule has 0 aliphatic rings. The Morgan fingerprint density at radius 2 is 1.65 bits per heavy atom. The van der Waals surface area contributed by atoms with E-state index >= 15 is 0 Å². The Morgan fingerprint density at radius 1 is 1.04 bits per heavy atom. The standard InChI is InChI=1S/C19H19N3O3S/c1-13(14-8-10-15(11-9-14)26(3,24)25)22(2)19(23)18-12-20-16-6-4-5-7-17(16)21-18/h4-13H,1-3H3. The molecule has 0 fully saturated rings. The second-order valence-corrected chi connectivity index (χ2v) is 8.19. The Kier molecular flexibility index (Phi) is 4.73. The van der Waals surface area contributed by atoms with Gasteiger partial charge in [-0.05, 0) is 36.8 Å². The topological polar surface area (TPSA) is 80.2 Å². The van der Waals surface area contributed by atoms with Crippen molar-refractivity contribution in [2.75, 3.05) is 13.3 Å². The molecule has 26 heavy (non-hydrogen) atoms. The highest BCUT2D eigenvalue weighted by atomic mass is 32.2. The molecule has 0 aliphatic heterocycles. The molecule has 0 bridgehead atoms. The van der Waals surface area contributed by atoms with E-state index in [4.69, 9.17) is 0 Å². The van der Waals surface area contributed by atoms with Crippen LogP contribution in [0.1, 0.15) is 29.0 Å². The van der Waals surface area contributed by atoms with Crippen LogP contribution in [-0.2, 0) is 9.84 Å². The Balaban J connectivity index is 1.84. The molecule has 0 radical (unpaired) electrons. The van der Waals surface area contributed by atoms with Gasteiger partial charge in [0.15, 0.2) is 9.84 Å². The van der Waals surface area contributed by atoms with E-state index in [0.717, 1.165) is 11.1 Å². The maximum atomic E-state index is 12.8. The van der Waals surface area contributed by atoms with Gasteiger partial charge in [-0.1, -0.05) is 24.3 Å². The average Bonchev–Trinajstić information content (AvgIpc) is 2.65. The molecule has 2 aromatic carbocycles. The lowest BCUT2D eigenvalue weighted by molar-refractivity contribution is 0.0736. The number of hydrogen-bond acceptors (Lipinski definition) is 5. The summed E-state index contributed by atoms with van der Waals surface area (Å²) in [6.45, 7) is 1.88. The van der Waals surface area contributed by atoms with Crippen molar-refractivity contribution in [3.05, 3.63) is 66.0 Å². The predicted octanol–water partition coefficient (Wildman–Crippen LogP) is 2.87. The number of hydrogen-bond donors (Lipinski definition) is 0. The zero-order chi connectivity index (χ0) is 18.9. The van der Waals surface area contributed by atoms with E-state index < -0.39 is 9.84 Å². The zero-order valence-corrected chi connectivity index (χ0v) is 15.6. The first-order chi connectivity index (χ1) is 12.3. The van der Waals surface area contributed by atoms with E-state index in [1.54, 1.807) is 36.2 Å². The van der Waals surface area contributed by atoms with Crippen LogP contribution in [0, 0.1) is 0 Å². The number of carbonyl (C=O) groups excluding carboxylic acids is 1. The molecular formula is C19H19N3O3S. The lowest BCUT2D eigenvalue weighted by Crippen LogP contribution is -2.30. The lowest BCUT2D eigenvalue weighted by Gasteiger charge is -2.25. The molecule has 0 saturated heterocycles. The molecule has 3 rings (SSSR count). The quantitative estimate of drug-likeness (QED) is 0.706. The first kappa shape index (κ1) is 18.0. The van der Waals surface area contributed by atoms with Crippen molar-refractivity contribution in [3.8, 4) is 0 Å². The monoisotopic (exact) mass is 369 g/mol. The molecule has 0 aliphatic carbocycles. The van der Waals surface area contributed by atoms with Crippen LogP contribution in [0.15, 0.2) is 59.6 Å². The third kappa shape index (κ3) is 3.57. The summed E-state index contributed by atoms with van der Waals surface area (Å²) in [5, 5.41) is 0. The summed E-state index contributed by atoms with van der Waals surface area (Å²) in [5.41, 5.74) is 2.50. The summed E-state index contributed by atoms with van der Waals surface area (Å²) in [5.74, 6) is -0.247. The summed E-state index contributed by atoms with van der Waals surface area (Å²) in [4.78, 5) is 23.2. The van der Waals surface area contributed by atoms with Gasteiger partial charge in [-0.3, -0.25) is 9.78 Å². The number of amides is 1. The summed E-state index contributed by atoms with van der Waals surface area (Å²) in [6, 6.07) is 13.7. The molecule has 134 valence electrons. The summed E-state index contributed by atoms with van der Waals surface area (Å²) < 4.78 is 23.1. The molecule has 6 nitrogen and oxygen atoms in total. The first-order valence-electron chi connectivity index (χ1n) is 8.06. The van der Waals surface area contributed by atoms with Gasteiger partial charge < -0.3 is 4.90 Å². The second kappa shape index (κ2) is 6.84. The van der Waals surface area contributed by atoms with E-state index in [9.17, 15) is 13.2 Å². The van der Waals surface area contributed by atoms with Crippen LogP contribution >= 0.6 is 0 Å². The fourth-order valence-corrected chi connectivity index (χ4v) is 3.26. The van der Waals surface area contributed by atoms with Gasteiger partial charge in [0.1, 0.15) is 5.69 Å². The molecule has 0 spiro atoms. The normalized spacial score (nSPS) is 12.7. The largest absolute Gasteiger partial charge is 0.334 e. The van der Waals surface area contributed by atoms with Crippen molar-refractivity contribution >= 4 is 26.8 Å². The van der Waals surface area contributed by atoms with Crippen LogP contribution in [0.2, 0.25) is 0 Å². The van der Waals surface area contributed by atoms with Gasteiger partial charge in [0, 0.05) is 13.3 Å². The number of nitrogens with zero attached hydrogens (tertiary/aromatic N) is 3. The third-order valence-electron chi connectivity index (χ3n) is 4.36. The number of aromatic nitrogens is 2. The van der Waals surface area contributed by atoms with Crippen molar-refractivity contribution in [2.24, 2.45) is 0 Å². The first-order valence-corrected chi connectivity index (χ1v) is 9.95. The zero-order valence-electron chi connectivity index (χ0n) is 14.7. The van der Waals surface area contributed by atoms with E-state index in [0.29, 0.717) is 5.52 Å². The van der Waals surface area contributed by atoms with Gasteiger partial charge in [-0.25, -0.2) is 13.4 Å². The summed E-state index contributed by atoms with van der Waals surface area (Å²) >= 11 is 0. The number of benzene rings is 2. The van der Waals surface area contributed by atoms with Crippen LogP contribution in [-0.4, -0.2) is 42.5 Å². The van der Waals surface area contributed by atoms with Crippen molar-refractivity contribution in [1.29, 1.82) is 0 Å². The molecule has 0 N–H and O–H groups in total. The Morgan fingerprint density at radius 3 is 2.27 bits per heavy atom. The maximum absolute atomic E-state index is 12.8. The van der Waals surface area contributed by atoms with Gasteiger partial charge >= 0.3 is 0 Å². The Labute approximate surface area is 152 Å². The van der Waals surface area contributed by atoms with E-state index in [-0.39, 0.29) is 22.5 Å². The van der Waals surface area contributed by atoms with Gasteiger partial charge in [0.2, 0.25) is 0 Å². The molecule has 7 heteroatoms. The minimum Gasteiger partial charge on any atom is -0.334 e. The number of para-hydroxylation sites is 2. The van der Waals surface area contributed by atoms with E-state index in [2.05, 4.69) is 9.97 Å². The van der Waals surface area contributed by atoms with Crippen molar-refractivity contribution < 1.29 is 13.2 Å². The summed E-state index contributed by atoms with van der Waals surface area (Å²) in [7, 11) is -1.56. The van der Waals surface area contributed by atoms with Gasteiger partial charge in [-0.15, -0.1) is 0 Å². The highest BCUT2D eigenvalue weighted by Gasteiger charge is 2.21.